The molecule has 1 amide bonds. The Balaban J connectivity index is 2.41. The first-order valence-electron chi connectivity index (χ1n) is 10.9. The molecule has 0 saturated carbocycles. The molecule has 1 N–H and O–H groups in total. The van der Waals surface area contributed by atoms with Gasteiger partial charge in [-0.2, -0.15) is 4.79 Å². The molecule has 4 atom stereocenters. The first kappa shape index (κ1) is 26.4. The standard InChI is InChI=1S/C24H33N3O5Si/c1-8-14-31-23(30)20(27-25)21(28)18(16-12-10-9-11-13-16)19-17(22(29)26-19)15(2)32-33(6,7)24(3,4)5/h8-13,15,17-19H,1,14H2,2-7H3,(H,26,29)/t15-,17-,18-,19+/m1/s1. The molecule has 1 saturated heterocycles. The Morgan fingerprint density at radius 1 is 1.27 bits per heavy atom. The second-order valence-corrected chi connectivity index (χ2v) is 14.5. The van der Waals surface area contributed by atoms with E-state index in [4.69, 9.17) is 9.16 Å². The van der Waals surface area contributed by atoms with E-state index in [0.29, 0.717) is 5.56 Å². The van der Waals surface area contributed by atoms with E-state index in [0.717, 1.165) is 0 Å². The Kier molecular flexibility index (Phi) is 8.29. The van der Waals surface area contributed by atoms with Crippen molar-refractivity contribution in [3.05, 3.63) is 54.1 Å². The Morgan fingerprint density at radius 2 is 1.88 bits per heavy atom. The van der Waals surface area contributed by atoms with E-state index in [1.807, 2.05) is 6.92 Å². The van der Waals surface area contributed by atoms with Crippen LogP contribution in [0.3, 0.4) is 0 Å². The second-order valence-electron chi connectivity index (χ2n) is 9.73. The van der Waals surface area contributed by atoms with Crippen molar-refractivity contribution in [3.63, 3.8) is 0 Å². The first-order chi connectivity index (χ1) is 15.4. The summed E-state index contributed by atoms with van der Waals surface area (Å²) in [6, 6.07) is 8.13. The quantitative estimate of drug-likeness (QED) is 0.0821. The Morgan fingerprint density at radius 3 is 2.36 bits per heavy atom. The smallest absolute Gasteiger partial charge is 0.442 e. The SMILES string of the molecule is C=CCOC(=O)C(=[N+]=[N-])C(=O)[C@H](c1ccccc1)[C@H]1NC(=O)[C@@H]1[C@@H](C)O[Si](C)(C)C(C)(C)C. The third-order valence-electron chi connectivity index (χ3n) is 6.45. The van der Waals surface area contributed by atoms with Crippen LogP contribution in [-0.4, -0.2) is 55.2 Å². The molecule has 0 unspecified atom stereocenters. The van der Waals surface area contributed by atoms with Gasteiger partial charge in [-0.3, -0.25) is 9.59 Å². The van der Waals surface area contributed by atoms with Gasteiger partial charge < -0.3 is 20.0 Å². The summed E-state index contributed by atoms with van der Waals surface area (Å²) in [6.45, 7) is 15.7. The normalized spacial score (nSPS) is 19.9. The van der Waals surface area contributed by atoms with Crippen LogP contribution in [0.25, 0.3) is 5.53 Å². The maximum absolute atomic E-state index is 13.4. The van der Waals surface area contributed by atoms with E-state index in [2.05, 4.69) is 50.6 Å². The number of rotatable bonds is 10. The van der Waals surface area contributed by atoms with Gasteiger partial charge in [0, 0.05) is 0 Å². The van der Waals surface area contributed by atoms with E-state index in [-0.39, 0.29) is 17.6 Å². The first-order valence-corrected chi connectivity index (χ1v) is 13.8. The summed E-state index contributed by atoms with van der Waals surface area (Å²) in [6.07, 6.45) is 0.888. The molecule has 9 heteroatoms. The van der Waals surface area contributed by atoms with Gasteiger partial charge in [-0.15, -0.1) is 0 Å². The zero-order chi connectivity index (χ0) is 25.0. The molecule has 0 aromatic heterocycles. The van der Waals surface area contributed by atoms with Crippen LogP contribution in [0, 0.1) is 5.92 Å². The van der Waals surface area contributed by atoms with Gasteiger partial charge in [0.25, 0.3) is 5.78 Å². The van der Waals surface area contributed by atoms with Crippen LogP contribution >= 0.6 is 0 Å². The number of carbonyl (C=O) groups excluding carboxylic acids is 3. The fourth-order valence-electron chi connectivity index (χ4n) is 3.65. The van der Waals surface area contributed by atoms with Gasteiger partial charge in [0.05, 0.1) is 24.0 Å². The van der Waals surface area contributed by atoms with Gasteiger partial charge in [0.1, 0.15) is 6.61 Å². The highest BCUT2D eigenvalue weighted by molar-refractivity contribution is 6.74. The Labute approximate surface area is 196 Å². The molecule has 0 aliphatic carbocycles. The van der Waals surface area contributed by atoms with Crippen molar-refractivity contribution in [2.24, 2.45) is 5.92 Å². The van der Waals surface area contributed by atoms with Crippen LogP contribution in [-0.2, 0) is 23.5 Å². The zero-order valence-electron chi connectivity index (χ0n) is 20.1. The highest BCUT2D eigenvalue weighted by Gasteiger charge is 2.54. The number of Topliss-reactive ketones (excluding diaryl/α,β-unsaturated/α-hetero) is 1. The van der Waals surface area contributed by atoms with Crippen LogP contribution < -0.4 is 5.32 Å². The summed E-state index contributed by atoms with van der Waals surface area (Å²) < 4.78 is 11.4. The molecular weight excluding hydrogens is 438 g/mol. The summed E-state index contributed by atoms with van der Waals surface area (Å²) in [5.74, 6) is -3.60. The van der Waals surface area contributed by atoms with Gasteiger partial charge in [-0.25, -0.2) is 4.79 Å². The number of hydrogen-bond acceptors (Lipinski definition) is 5. The molecule has 0 bridgehead atoms. The number of ether oxygens (including phenoxy) is 1. The molecule has 1 fully saturated rings. The van der Waals surface area contributed by atoms with Gasteiger partial charge >= 0.3 is 11.7 Å². The predicted octanol–water partition coefficient (Wildman–Crippen LogP) is 3.26. The van der Waals surface area contributed by atoms with Crippen LogP contribution in [0.1, 0.15) is 39.2 Å². The number of carbonyl (C=O) groups is 3. The molecule has 1 aromatic rings. The lowest BCUT2D eigenvalue weighted by Gasteiger charge is -2.47. The number of β-lactam (4-membered cyclic amide) rings is 1. The van der Waals surface area contributed by atoms with E-state index >= 15 is 0 Å². The van der Waals surface area contributed by atoms with E-state index in [1.165, 1.54) is 6.08 Å². The lowest BCUT2D eigenvalue weighted by atomic mass is 9.73. The average Bonchev–Trinajstić information content (AvgIpc) is 2.71. The summed E-state index contributed by atoms with van der Waals surface area (Å²) in [5, 5.41) is 2.75. The van der Waals surface area contributed by atoms with Crippen molar-refractivity contribution in [1.29, 1.82) is 0 Å². The summed E-state index contributed by atoms with van der Waals surface area (Å²) in [5.41, 5.74) is 9.28. The maximum Gasteiger partial charge on any atom is 0.442 e. The molecule has 1 aromatic carbocycles. The molecule has 0 radical (unpaired) electrons. The predicted molar refractivity (Wildman–Crippen MR) is 127 cm³/mol. The number of nitrogens with zero attached hydrogens (tertiary/aromatic N) is 2. The lowest BCUT2D eigenvalue weighted by Crippen LogP contribution is -2.67. The minimum absolute atomic E-state index is 0.0583. The van der Waals surface area contributed by atoms with Gasteiger partial charge in [0.15, 0.2) is 8.32 Å². The zero-order valence-corrected chi connectivity index (χ0v) is 21.1. The van der Waals surface area contributed by atoms with Crippen molar-refractivity contribution in [1.82, 2.24) is 5.32 Å². The van der Waals surface area contributed by atoms with Crippen LogP contribution in [0.2, 0.25) is 18.1 Å². The number of benzene rings is 1. The van der Waals surface area contributed by atoms with Crippen LogP contribution in [0.15, 0.2) is 43.0 Å². The van der Waals surface area contributed by atoms with Crippen molar-refractivity contribution in [2.75, 3.05) is 6.61 Å². The topological polar surface area (TPSA) is 118 Å². The van der Waals surface area contributed by atoms with Crippen LogP contribution in [0.5, 0.6) is 0 Å². The average molecular weight is 472 g/mol. The van der Waals surface area contributed by atoms with Crippen molar-refractivity contribution >= 4 is 31.7 Å². The van der Waals surface area contributed by atoms with Crippen LogP contribution in [0.4, 0.5) is 0 Å². The molecule has 8 nitrogen and oxygen atoms in total. The molecular formula is C24H33N3O5Si. The molecule has 1 aliphatic heterocycles. The number of esters is 1. The number of ketones is 1. The molecule has 1 heterocycles. The molecule has 33 heavy (non-hydrogen) atoms. The Hall–Kier alpha value is -2.87. The second kappa shape index (κ2) is 10.4. The van der Waals surface area contributed by atoms with Gasteiger partial charge in [-0.1, -0.05) is 63.8 Å². The molecule has 2 rings (SSSR count). The van der Waals surface area contributed by atoms with Crippen molar-refractivity contribution in [2.45, 2.75) is 63.9 Å². The summed E-state index contributed by atoms with van der Waals surface area (Å²) in [4.78, 5) is 41.3. The van der Waals surface area contributed by atoms with Gasteiger partial charge in [0.2, 0.25) is 5.91 Å². The minimum Gasteiger partial charge on any atom is -0.453 e. The third kappa shape index (κ3) is 5.74. The summed E-state index contributed by atoms with van der Waals surface area (Å²) in [7, 11) is -2.19. The third-order valence-corrected chi connectivity index (χ3v) is 11.0. The summed E-state index contributed by atoms with van der Waals surface area (Å²) >= 11 is 0. The number of amides is 1. The fraction of sp³-hybridized carbons (Fsp3) is 0.500. The van der Waals surface area contributed by atoms with Gasteiger partial charge in [-0.05, 0) is 30.6 Å². The fourth-order valence-corrected chi connectivity index (χ4v) is 5.08. The number of nitrogens with one attached hydrogen (secondary N) is 1. The molecule has 1 aliphatic rings. The van der Waals surface area contributed by atoms with E-state index in [9.17, 15) is 19.9 Å². The molecule has 178 valence electrons. The lowest BCUT2D eigenvalue weighted by molar-refractivity contribution is -0.143. The largest absolute Gasteiger partial charge is 0.453 e. The minimum atomic E-state index is -2.19. The highest BCUT2D eigenvalue weighted by atomic mass is 28.4. The monoisotopic (exact) mass is 471 g/mol. The number of hydrogen-bond donors (Lipinski definition) is 1. The van der Waals surface area contributed by atoms with E-state index < -0.39 is 49.8 Å². The maximum atomic E-state index is 13.4. The Bertz CT molecular complexity index is 964. The van der Waals surface area contributed by atoms with E-state index in [1.54, 1.807) is 30.3 Å². The highest BCUT2D eigenvalue weighted by Crippen LogP contribution is 2.40. The molecule has 0 spiro atoms. The van der Waals surface area contributed by atoms with Crippen molar-refractivity contribution in [3.8, 4) is 0 Å². The van der Waals surface area contributed by atoms with Crippen molar-refractivity contribution < 1.29 is 28.3 Å².